The van der Waals surface area contributed by atoms with Crippen LogP contribution < -0.4 is 0 Å². The summed E-state index contributed by atoms with van der Waals surface area (Å²) in [4.78, 5) is 24.9. The fraction of sp³-hybridized carbons (Fsp3) is 0.467. The molecule has 0 aliphatic heterocycles. The summed E-state index contributed by atoms with van der Waals surface area (Å²) in [5.74, 6) is -0.255. The first-order valence-corrected chi connectivity index (χ1v) is 6.35. The molecule has 19 heavy (non-hydrogen) atoms. The summed E-state index contributed by atoms with van der Waals surface area (Å²) in [5.41, 5.74) is 2.83. The molecule has 0 N–H and O–H groups in total. The van der Waals surface area contributed by atoms with E-state index >= 15 is 0 Å². The third-order valence-electron chi connectivity index (χ3n) is 3.06. The van der Waals surface area contributed by atoms with Crippen molar-refractivity contribution in [1.82, 2.24) is 4.90 Å². The Balaban J connectivity index is 2.59. The summed E-state index contributed by atoms with van der Waals surface area (Å²) in [6.45, 7) is 4.48. The molecule has 0 unspecified atom stereocenters. The lowest BCUT2D eigenvalue weighted by atomic mass is 10.0. The van der Waals surface area contributed by atoms with E-state index in [4.69, 9.17) is 0 Å². The molecule has 1 amide bonds. The van der Waals surface area contributed by atoms with E-state index in [2.05, 4.69) is 4.74 Å². The third-order valence-corrected chi connectivity index (χ3v) is 3.06. The number of nitrogens with zero attached hydrogens (tertiary/aromatic N) is 1. The van der Waals surface area contributed by atoms with Crippen molar-refractivity contribution in [3.63, 3.8) is 0 Å². The summed E-state index contributed by atoms with van der Waals surface area (Å²) in [6.07, 6.45) is 0.945. The molecule has 1 aromatic carbocycles. The number of carbonyl (C=O) groups excluding carboxylic acids is 2. The number of hydrogen-bond acceptors (Lipinski definition) is 3. The molecule has 0 saturated carbocycles. The number of carbonyl (C=O) groups is 2. The van der Waals surface area contributed by atoms with Crippen molar-refractivity contribution in [2.24, 2.45) is 0 Å². The second-order valence-electron chi connectivity index (χ2n) is 4.72. The van der Waals surface area contributed by atoms with E-state index in [-0.39, 0.29) is 11.9 Å². The Morgan fingerprint density at radius 2 is 1.95 bits per heavy atom. The highest BCUT2D eigenvalue weighted by Crippen LogP contribution is 2.13. The maximum atomic E-state index is 12.2. The second kappa shape index (κ2) is 6.92. The van der Waals surface area contributed by atoms with Gasteiger partial charge in [0.2, 0.25) is 0 Å². The van der Waals surface area contributed by atoms with Crippen molar-refractivity contribution in [2.75, 3.05) is 20.7 Å². The molecule has 1 rings (SSSR count). The number of ether oxygens (including phenoxy) is 1. The lowest BCUT2D eigenvalue weighted by Crippen LogP contribution is -2.28. The van der Waals surface area contributed by atoms with Gasteiger partial charge in [0.15, 0.2) is 0 Å². The first-order chi connectivity index (χ1) is 8.95. The molecule has 0 atom stereocenters. The highest BCUT2D eigenvalue weighted by atomic mass is 16.5. The third kappa shape index (κ3) is 4.39. The fourth-order valence-electron chi connectivity index (χ4n) is 1.92. The van der Waals surface area contributed by atoms with Crippen molar-refractivity contribution >= 4 is 11.9 Å². The van der Waals surface area contributed by atoms with Crippen LogP contribution in [0.5, 0.6) is 0 Å². The van der Waals surface area contributed by atoms with Gasteiger partial charge in [-0.15, -0.1) is 0 Å². The van der Waals surface area contributed by atoms with E-state index in [9.17, 15) is 9.59 Å². The Kier molecular flexibility index (Phi) is 5.55. The molecular formula is C15H21NO3. The standard InChI is InChI=1S/C15H21NO3/c1-11-7-8-13(12(2)10-11)15(18)16(3)9-5-6-14(17)19-4/h7-8,10H,5-6,9H2,1-4H3. The zero-order valence-corrected chi connectivity index (χ0v) is 12.0. The largest absolute Gasteiger partial charge is 0.469 e. The van der Waals surface area contributed by atoms with E-state index in [0.717, 1.165) is 11.1 Å². The number of benzene rings is 1. The predicted molar refractivity (Wildman–Crippen MR) is 74.1 cm³/mol. The van der Waals surface area contributed by atoms with Crippen LogP contribution in [0.3, 0.4) is 0 Å². The van der Waals surface area contributed by atoms with Gasteiger partial charge < -0.3 is 9.64 Å². The van der Waals surface area contributed by atoms with Crippen LogP contribution >= 0.6 is 0 Å². The molecule has 4 heteroatoms. The van der Waals surface area contributed by atoms with Gasteiger partial charge in [0.05, 0.1) is 7.11 Å². The van der Waals surface area contributed by atoms with Crippen molar-refractivity contribution in [2.45, 2.75) is 26.7 Å². The van der Waals surface area contributed by atoms with E-state index < -0.39 is 0 Å². The van der Waals surface area contributed by atoms with Crippen LogP contribution in [-0.4, -0.2) is 37.5 Å². The Morgan fingerprint density at radius 1 is 1.26 bits per heavy atom. The lowest BCUT2D eigenvalue weighted by Gasteiger charge is -2.18. The molecule has 0 aliphatic carbocycles. The van der Waals surface area contributed by atoms with Crippen molar-refractivity contribution in [1.29, 1.82) is 0 Å². The predicted octanol–water partition coefficient (Wildman–Crippen LogP) is 2.33. The zero-order chi connectivity index (χ0) is 14.4. The van der Waals surface area contributed by atoms with Crippen LogP contribution in [-0.2, 0) is 9.53 Å². The first kappa shape index (κ1) is 15.2. The summed E-state index contributed by atoms with van der Waals surface area (Å²) in [7, 11) is 3.12. The molecule has 0 heterocycles. The average molecular weight is 263 g/mol. The van der Waals surface area contributed by atoms with Gasteiger partial charge in [-0.25, -0.2) is 0 Å². The van der Waals surface area contributed by atoms with Crippen LogP contribution in [0.25, 0.3) is 0 Å². The Bertz CT molecular complexity index is 468. The molecule has 104 valence electrons. The molecule has 0 bridgehead atoms. The maximum absolute atomic E-state index is 12.2. The highest BCUT2D eigenvalue weighted by molar-refractivity contribution is 5.95. The molecule has 0 aliphatic rings. The number of amides is 1. The topological polar surface area (TPSA) is 46.6 Å². The Hall–Kier alpha value is -1.84. The second-order valence-corrected chi connectivity index (χ2v) is 4.72. The van der Waals surface area contributed by atoms with Crippen LogP contribution in [0.4, 0.5) is 0 Å². The summed E-state index contributed by atoms with van der Waals surface area (Å²) < 4.78 is 4.57. The van der Waals surface area contributed by atoms with Crippen LogP contribution in [0.15, 0.2) is 18.2 Å². The monoisotopic (exact) mass is 263 g/mol. The number of rotatable bonds is 5. The van der Waals surface area contributed by atoms with E-state index in [1.165, 1.54) is 7.11 Å². The normalized spacial score (nSPS) is 10.1. The van der Waals surface area contributed by atoms with Crippen molar-refractivity contribution in [3.8, 4) is 0 Å². The van der Waals surface area contributed by atoms with E-state index in [1.807, 2.05) is 32.0 Å². The average Bonchev–Trinajstić information content (AvgIpc) is 2.37. The summed E-state index contributed by atoms with van der Waals surface area (Å²) in [5, 5.41) is 0. The molecule has 0 spiro atoms. The number of hydrogen-bond donors (Lipinski definition) is 0. The van der Waals surface area contributed by atoms with Crippen LogP contribution in [0.1, 0.15) is 34.3 Å². The SMILES string of the molecule is COC(=O)CCCN(C)C(=O)c1ccc(C)cc1C. The number of esters is 1. The van der Waals surface area contributed by atoms with Gasteiger partial charge in [-0.3, -0.25) is 9.59 Å². The number of aryl methyl sites for hydroxylation is 2. The van der Waals surface area contributed by atoms with Gasteiger partial charge in [-0.1, -0.05) is 17.7 Å². The van der Waals surface area contributed by atoms with Crippen molar-refractivity contribution in [3.05, 3.63) is 34.9 Å². The molecule has 0 saturated heterocycles. The van der Waals surface area contributed by atoms with Crippen LogP contribution in [0, 0.1) is 13.8 Å². The van der Waals surface area contributed by atoms with Crippen molar-refractivity contribution < 1.29 is 14.3 Å². The zero-order valence-electron chi connectivity index (χ0n) is 12.0. The fourth-order valence-corrected chi connectivity index (χ4v) is 1.92. The first-order valence-electron chi connectivity index (χ1n) is 6.35. The Labute approximate surface area is 114 Å². The molecule has 1 aromatic rings. The molecule has 0 aromatic heterocycles. The smallest absolute Gasteiger partial charge is 0.305 e. The van der Waals surface area contributed by atoms with Gasteiger partial charge in [-0.05, 0) is 31.9 Å². The van der Waals surface area contributed by atoms with E-state index in [1.54, 1.807) is 11.9 Å². The van der Waals surface area contributed by atoms with Gasteiger partial charge in [0, 0.05) is 25.6 Å². The van der Waals surface area contributed by atoms with E-state index in [0.29, 0.717) is 24.9 Å². The molecule has 0 radical (unpaired) electrons. The highest BCUT2D eigenvalue weighted by Gasteiger charge is 2.14. The summed E-state index contributed by atoms with van der Waals surface area (Å²) >= 11 is 0. The van der Waals surface area contributed by atoms with Gasteiger partial charge in [-0.2, -0.15) is 0 Å². The minimum atomic E-state index is -0.243. The molecule has 4 nitrogen and oxygen atoms in total. The van der Waals surface area contributed by atoms with Crippen LogP contribution in [0.2, 0.25) is 0 Å². The minimum Gasteiger partial charge on any atom is -0.469 e. The van der Waals surface area contributed by atoms with Gasteiger partial charge in [0.1, 0.15) is 0 Å². The molecular weight excluding hydrogens is 242 g/mol. The maximum Gasteiger partial charge on any atom is 0.305 e. The summed E-state index contributed by atoms with van der Waals surface area (Å²) in [6, 6.07) is 5.78. The number of methoxy groups -OCH3 is 1. The molecule has 0 fully saturated rings. The Morgan fingerprint density at radius 3 is 2.53 bits per heavy atom. The van der Waals surface area contributed by atoms with Gasteiger partial charge in [0.25, 0.3) is 5.91 Å². The quantitative estimate of drug-likeness (QED) is 0.766. The minimum absolute atomic E-state index is 0.0117. The lowest BCUT2D eigenvalue weighted by molar-refractivity contribution is -0.140. The van der Waals surface area contributed by atoms with Gasteiger partial charge >= 0.3 is 5.97 Å².